The number of nitrogens with two attached hydrogens (primary N) is 1. The molecule has 2 aliphatic rings. The topological polar surface area (TPSA) is 44.5 Å². The molecule has 3 rings (SSSR count). The summed E-state index contributed by atoms with van der Waals surface area (Å²) in [6.07, 6.45) is 2.02. The smallest absolute Gasteiger partial charge is 0.165 e. The second-order valence-electron chi connectivity index (χ2n) is 5.66. The SMILES string of the molecule is CCOc1ccc(C2(C3CC(N)C3)COC2)cc1F. The van der Waals surface area contributed by atoms with Crippen molar-refractivity contribution >= 4 is 0 Å². The number of benzene rings is 1. The molecular weight excluding hydrogens is 245 g/mol. The monoisotopic (exact) mass is 265 g/mol. The van der Waals surface area contributed by atoms with E-state index in [9.17, 15) is 4.39 Å². The van der Waals surface area contributed by atoms with Crippen molar-refractivity contribution in [3.05, 3.63) is 29.6 Å². The molecule has 1 heterocycles. The molecule has 0 aromatic heterocycles. The zero-order valence-electron chi connectivity index (χ0n) is 11.2. The quantitative estimate of drug-likeness (QED) is 0.908. The van der Waals surface area contributed by atoms with Crippen LogP contribution in [0.2, 0.25) is 0 Å². The fourth-order valence-corrected chi connectivity index (χ4v) is 3.16. The van der Waals surface area contributed by atoms with Crippen LogP contribution in [-0.2, 0) is 10.2 Å². The van der Waals surface area contributed by atoms with E-state index in [-0.39, 0.29) is 11.2 Å². The lowest BCUT2D eigenvalue weighted by molar-refractivity contribution is -0.111. The number of rotatable bonds is 4. The Balaban J connectivity index is 1.86. The zero-order valence-corrected chi connectivity index (χ0v) is 11.2. The van der Waals surface area contributed by atoms with Crippen molar-refractivity contribution < 1.29 is 13.9 Å². The van der Waals surface area contributed by atoms with Gasteiger partial charge >= 0.3 is 0 Å². The molecule has 1 aliphatic carbocycles. The number of halogens is 1. The second kappa shape index (κ2) is 4.76. The summed E-state index contributed by atoms with van der Waals surface area (Å²) >= 11 is 0. The van der Waals surface area contributed by atoms with E-state index in [1.54, 1.807) is 12.1 Å². The highest BCUT2D eigenvalue weighted by Gasteiger charge is 2.51. The first-order chi connectivity index (χ1) is 9.15. The summed E-state index contributed by atoms with van der Waals surface area (Å²) in [5.41, 5.74) is 6.88. The van der Waals surface area contributed by atoms with Crippen LogP contribution in [0.1, 0.15) is 25.3 Å². The van der Waals surface area contributed by atoms with Crippen molar-refractivity contribution in [2.75, 3.05) is 19.8 Å². The van der Waals surface area contributed by atoms with Gasteiger partial charge in [0, 0.05) is 11.5 Å². The van der Waals surface area contributed by atoms with Gasteiger partial charge in [0.25, 0.3) is 0 Å². The van der Waals surface area contributed by atoms with Gasteiger partial charge in [-0.1, -0.05) is 6.07 Å². The van der Waals surface area contributed by atoms with Gasteiger partial charge in [0.2, 0.25) is 0 Å². The standard InChI is InChI=1S/C15H20FNO2/c1-2-19-14-4-3-10(7-13(14)16)15(8-18-9-15)11-5-12(17)6-11/h3-4,7,11-12H,2,5-6,8-9,17H2,1H3. The summed E-state index contributed by atoms with van der Waals surface area (Å²) in [6, 6.07) is 5.61. The van der Waals surface area contributed by atoms with Crippen LogP contribution in [0.3, 0.4) is 0 Å². The Morgan fingerprint density at radius 3 is 2.63 bits per heavy atom. The lowest BCUT2D eigenvalue weighted by Gasteiger charge is -2.53. The van der Waals surface area contributed by atoms with Crippen molar-refractivity contribution in [3.63, 3.8) is 0 Å². The molecule has 104 valence electrons. The second-order valence-corrected chi connectivity index (χ2v) is 5.66. The van der Waals surface area contributed by atoms with Gasteiger partial charge in [-0.25, -0.2) is 4.39 Å². The molecule has 0 atom stereocenters. The lowest BCUT2D eigenvalue weighted by Crippen LogP contribution is -2.58. The molecular formula is C15H20FNO2. The van der Waals surface area contributed by atoms with Gasteiger partial charge in [-0.05, 0) is 43.4 Å². The number of ether oxygens (including phenoxy) is 2. The summed E-state index contributed by atoms with van der Waals surface area (Å²) in [7, 11) is 0. The zero-order chi connectivity index (χ0) is 13.5. The van der Waals surface area contributed by atoms with Crippen LogP contribution in [0.15, 0.2) is 18.2 Å². The highest BCUT2D eigenvalue weighted by Crippen LogP contribution is 2.48. The van der Waals surface area contributed by atoms with Gasteiger partial charge in [0.1, 0.15) is 0 Å². The first-order valence-corrected chi connectivity index (χ1v) is 6.92. The minimum absolute atomic E-state index is 0.0263. The molecule has 1 aliphatic heterocycles. The first kappa shape index (κ1) is 12.9. The van der Waals surface area contributed by atoms with Crippen LogP contribution < -0.4 is 10.5 Å². The Hall–Kier alpha value is -1.13. The van der Waals surface area contributed by atoms with Gasteiger partial charge < -0.3 is 15.2 Å². The molecule has 0 bridgehead atoms. The lowest BCUT2D eigenvalue weighted by atomic mass is 9.59. The Morgan fingerprint density at radius 1 is 1.42 bits per heavy atom. The van der Waals surface area contributed by atoms with E-state index in [0.717, 1.165) is 18.4 Å². The molecule has 1 saturated carbocycles. The van der Waals surface area contributed by atoms with E-state index in [2.05, 4.69) is 0 Å². The number of hydrogen-bond donors (Lipinski definition) is 1. The summed E-state index contributed by atoms with van der Waals surface area (Å²) in [4.78, 5) is 0. The number of hydrogen-bond acceptors (Lipinski definition) is 3. The van der Waals surface area contributed by atoms with Crippen LogP contribution in [0.5, 0.6) is 5.75 Å². The molecule has 1 aromatic carbocycles. The van der Waals surface area contributed by atoms with Crippen LogP contribution in [0, 0.1) is 11.7 Å². The first-order valence-electron chi connectivity index (χ1n) is 6.92. The molecule has 4 heteroatoms. The van der Waals surface area contributed by atoms with Crippen LogP contribution in [-0.4, -0.2) is 25.9 Å². The highest BCUT2D eigenvalue weighted by molar-refractivity contribution is 5.37. The van der Waals surface area contributed by atoms with Crippen LogP contribution in [0.4, 0.5) is 4.39 Å². The van der Waals surface area contributed by atoms with Crippen molar-refractivity contribution in [2.45, 2.75) is 31.2 Å². The Kier molecular flexibility index (Phi) is 3.23. The maximum atomic E-state index is 14.0. The third kappa shape index (κ3) is 2.03. The molecule has 0 amide bonds. The van der Waals surface area contributed by atoms with Crippen molar-refractivity contribution in [3.8, 4) is 5.75 Å². The largest absolute Gasteiger partial charge is 0.491 e. The van der Waals surface area contributed by atoms with E-state index in [1.165, 1.54) is 0 Å². The molecule has 3 nitrogen and oxygen atoms in total. The molecule has 1 saturated heterocycles. The Morgan fingerprint density at radius 2 is 2.16 bits per heavy atom. The van der Waals surface area contributed by atoms with E-state index >= 15 is 0 Å². The van der Waals surface area contributed by atoms with Gasteiger partial charge in [0.15, 0.2) is 11.6 Å². The normalized spacial score (nSPS) is 28.4. The minimum atomic E-state index is -0.283. The summed E-state index contributed by atoms with van der Waals surface area (Å²) in [6.45, 7) is 3.68. The van der Waals surface area contributed by atoms with E-state index in [0.29, 0.717) is 37.5 Å². The average molecular weight is 265 g/mol. The maximum Gasteiger partial charge on any atom is 0.165 e. The predicted octanol–water partition coefficient (Wildman–Crippen LogP) is 2.23. The van der Waals surface area contributed by atoms with Gasteiger partial charge in [-0.15, -0.1) is 0 Å². The Bertz CT molecular complexity index is 467. The van der Waals surface area contributed by atoms with Gasteiger partial charge in [0.05, 0.1) is 19.8 Å². The average Bonchev–Trinajstić information content (AvgIpc) is 2.29. The van der Waals surface area contributed by atoms with Crippen molar-refractivity contribution in [2.24, 2.45) is 11.7 Å². The summed E-state index contributed by atoms with van der Waals surface area (Å²) < 4.78 is 24.7. The van der Waals surface area contributed by atoms with Gasteiger partial charge in [-0.3, -0.25) is 0 Å². The van der Waals surface area contributed by atoms with Crippen molar-refractivity contribution in [1.29, 1.82) is 0 Å². The van der Waals surface area contributed by atoms with Crippen molar-refractivity contribution in [1.82, 2.24) is 0 Å². The predicted molar refractivity (Wildman–Crippen MR) is 70.8 cm³/mol. The fraction of sp³-hybridized carbons (Fsp3) is 0.600. The summed E-state index contributed by atoms with van der Waals surface area (Å²) in [5, 5.41) is 0. The molecule has 1 aromatic rings. The third-order valence-electron chi connectivity index (χ3n) is 4.48. The molecule has 0 spiro atoms. The summed E-state index contributed by atoms with van der Waals surface area (Å²) in [5.74, 6) is 0.565. The molecule has 0 unspecified atom stereocenters. The minimum Gasteiger partial charge on any atom is -0.491 e. The molecule has 0 radical (unpaired) electrons. The third-order valence-corrected chi connectivity index (χ3v) is 4.48. The Labute approximate surface area is 112 Å². The van der Waals surface area contributed by atoms with E-state index in [1.807, 2.05) is 13.0 Å². The van der Waals surface area contributed by atoms with E-state index in [4.69, 9.17) is 15.2 Å². The molecule has 19 heavy (non-hydrogen) atoms. The maximum absolute atomic E-state index is 14.0. The fourth-order valence-electron chi connectivity index (χ4n) is 3.16. The van der Waals surface area contributed by atoms with Crippen LogP contribution in [0.25, 0.3) is 0 Å². The molecule has 2 N–H and O–H groups in total. The van der Waals surface area contributed by atoms with Gasteiger partial charge in [-0.2, -0.15) is 0 Å². The highest BCUT2D eigenvalue weighted by atomic mass is 19.1. The van der Waals surface area contributed by atoms with E-state index < -0.39 is 0 Å². The molecule has 2 fully saturated rings. The van der Waals surface area contributed by atoms with Crippen LogP contribution >= 0.6 is 0 Å².